The van der Waals surface area contributed by atoms with Crippen LogP contribution in [-0.4, -0.2) is 6.61 Å². The van der Waals surface area contributed by atoms with Crippen LogP contribution in [0.2, 0.25) is 0 Å². The van der Waals surface area contributed by atoms with Gasteiger partial charge in [-0.2, -0.15) is 0 Å². The van der Waals surface area contributed by atoms with Gasteiger partial charge in [-0.3, -0.25) is 0 Å². The van der Waals surface area contributed by atoms with E-state index in [1.807, 2.05) is 13.8 Å². The molecule has 78 valence electrons. The minimum atomic E-state index is 0.886. The highest BCUT2D eigenvalue weighted by atomic mass is 16.5. The van der Waals surface area contributed by atoms with E-state index in [4.69, 9.17) is 4.74 Å². The average Bonchev–Trinajstić information content (AvgIpc) is 2.27. The van der Waals surface area contributed by atoms with Gasteiger partial charge in [-0.05, 0) is 43.4 Å². The summed E-state index contributed by atoms with van der Waals surface area (Å²) in [6, 6.07) is 4.37. The Morgan fingerprint density at radius 1 is 1.14 bits per heavy atom. The fourth-order valence-corrected chi connectivity index (χ4v) is 1.68. The lowest BCUT2D eigenvalue weighted by atomic mass is 10.00. The summed E-state index contributed by atoms with van der Waals surface area (Å²) in [5, 5.41) is 0. The second-order valence-corrected chi connectivity index (χ2v) is 3.45. The molecule has 0 aromatic heterocycles. The van der Waals surface area contributed by atoms with E-state index in [0.717, 1.165) is 18.8 Å². The molecule has 0 atom stereocenters. The van der Waals surface area contributed by atoms with Crippen LogP contribution in [-0.2, 0) is 6.42 Å². The first-order chi connectivity index (χ1) is 6.79. The summed E-state index contributed by atoms with van der Waals surface area (Å²) in [5.41, 5.74) is 4.02. The summed E-state index contributed by atoms with van der Waals surface area (Å²) in [7, 11) is 0. The van der Waals surface area contributed by atoms with Crippen molar-refractivity contribution in [1.29, 1.82) is 0 Å². The molecule has 0 aliphatic carbocycles. The molecule has 0 N–H and O–H groups in total. The highest BCUT2D eigenvalue weighted by Gasteiger charge is 2.12. The number of fused-ring (bicyclic) bond motifs is 1. The molecular weight excluding hydrogens is 172 g/mol. The van der Waals surface area contributed by atoms with E-state index in [9.17, 15) is 0 Å². The van der Waals surface area contributed by atoms with E-state index in [1.165, 1.54) is 23.1 Å². The standard InChI is InChI=1S/C11H14O.C2H6/c1-8-5-6-10-4-3-7-12-11(10)9(8)2;1-2/h5-6H,3-4,7H2,1-2H3;1-2H3. The Hall–Kier alpha value is -0.980. The molecule has 0 bridgehead atoms. The topological polar surface area (TPSA) is 9.23 Å². The molecule has 0 amide bonds. The van der Waals surface area contributed by atoms with Gasteiger partial charge >= 0.3 is 0 Å². The first-order valence-corrected chi connectivity index (χ1v) is 5.51. The van der Waals surface area contributed by atoms with Gasteiger partial charge in [0.25, 0.3) is 0 Å². The lowest BCUT2D eigenvalue weighted by Crippen LogP contribution is -2.09. The second-order valence-electron chi connectivity index (χ2n) is 3.45. The summed E-state index contributed by atoms with van der Waals surface area (Å²) in [5.74, 6) is 1.14. The Morgan fingerprint density at radius 2 is 1.86 bits per heavy atom. The van der Waals surface area contributed by atoms with E-state index in [2.05, 4.69) is 26.0 Å². The SMILES string of the molecule is CC.Cc1ccc2c(c1C)OCCC2. The zero-order valence-corrected chi connectivity index (χ0v) is 9.68. The molecule has 1 heterocycles. The molecule has 0 fully saturated rings. The Labute approximate surface area is 87.1 Å². The maximum atomic E-state index is 5.64. The third kappa shape index (κ3) is 2.09. The summed E-state index contributed by atoms with van der Waals surface area (Å²) < 4.78 is 5.64. The van der Waals surface area contributed by atoms with Crippen molar-refractivity contribution in [2.75, 3.05) is 6.61 Å². The van der Waals surface area contributed by atoms with Gasteiger partial charge in [0.05, 0.1) is 6.61 Å². The second kappa shape index (κ2) is 5.04. The van der Waals surface area contributed by atoms with Crippen LogP contribution in [0.1, 0.15) is 37.0 Å². The van der Waals surface area contributed by atoms with Crippen LogP contribution in [0.3, 0.4) is 0 Å². The van der Waals surface area contributed by atoms with Crippen LogP contribution in [0, 0.1) is 13.8 Å². The number of benzene rings is 1. The zero-order valence-electron chi connectivity index (χ0n) is 9.68. The Kier molecular flexibility index (Phi) is 3.99. The van der Waals surface area contributed by atoms with Crippen molar-refractivity contribution in [2.24, 2.45) is 0 Å². The number of hydrogen-bond donors (Lipinski definition) is 0. The van der Waals surface area contributed by atoms with Crippen LogP contribution >= 0.6 is 0 Å². The molecular formula is C13H20O. The highest BCUT2D eigenvalue weighted by molar-refractivity contribution is 5.46. The summed E-state index contributed by atoms with van der Waals surface area (Å²) >= 11 is 0. The molecule has 0 saturated heterocycles. The molecule has 1 aromatic carbocycles. The fourth-order valence-electron chi connectivity index (χ4n) is 1.68. The Bertz CT molecular complexity index is 302. The van der Waals surface area contributed by atoms with Crippen molar-refractivity contribution in [3.8, 4) is 5.75 Å². The molecule has 1 aromatic rings. The number of hydrogen-bond acceptors (Lipinski definition) is 1. The van der Waals surface area contributed by atoms with E-state index in [1.54, 1.807) is 0 Å². The fraction of sp³-hybridized carbons (Fsp3) is 0.538. The molecule has 0 saturated carbocycles. The smallest absolute Gasteiger partial charge is 0.125 e. The van der Waals surface area contributed by atoms with Crippen molar-refractivity contribution in [3.63, 3.8) is 0 Å². The lowest BCUT2D eigenvalue weighted by Gasteiger charge is -2.20. The number of aryl methyl sites for hydroxylation is 2. The van der Waals surface area contributed by atoms with Crippen LogP contribution in [0.5, 0.6) is 5.75 Å². The Morgan fingerprint density at radius 3 is 2.57 bits per heavy atom. The van der Waals surface area contributed by atoms with Gasteiger partial charge in [0.1, 0.15) is 5.75 Å². The number of rotatable bonds is 0. The lowest BCUT2D eigenvalue weighted by molar-refractivity contribution is 0.286. The predicted octanol–water partition coefficient (Wildman–Crippen LogP) is 3.65. The predicted molar refractivity (Wildman–Crippen MR) is 61.1 cm³/mol. The van der Waals surface area contributed by atoms with Gasteiger partial charge in [0.2, 0.25) is 0 Å². The van der Waals surface area contributed by atoms with E-state index < -0.39 is 0 Å². The third-order valence-electron chi connectivity index (χ3n) is 2.60. The molecule has 2 rings (SSSR count). The molecule has 0 spiro atoms. The maximum Gasteiger partial charge on any atom is 0.125 e. The first-order valence-electron chi connectivity index (χ1n) is 5.51. The first kappa shape index (κ1) is 11.1. The van der Waals surface area contributed by atoms with Crippen molar-refractivity contribution in [1.82, 2.24) is 0 Å². The van der Waals surface area contributed by atoms with E-state index in [-0.39, 0.29) is 0 Å². The van der Waals surface area contributed by atoms with Gasteiger partial charge in [-0.25, -0.2) is 0 Å². The van der Waals surface area contributed by atoms with Crippen LogP contribution in [0.25, 0.3) is 0 Å². The third-order valence-corrected chi connectivity index (χ3v) is 2.60. The van der Waals surface area contributed by atoms with Crippen molar-refractivity contribution in [2.45, 2.75) is 40.5 Å². The van der Waals surface area contributed by atoms with Gasteiger partial charge in [0, 0.05) is 0 Å². The monoisotopic (exact) mass is 192 g/mol. The molecule has 0 unspecified atom stereocenters. The van der Waals surface area contributed by atoms with Crippen molar-refractivity contribution in [3.05, 3.63) is 28.8 Å². The minimum Gasteiger partial charge on any atom is -0.493 e. The van der Waals surface area contributed by atoms with Crippen LogP contribution in [0.4, 0.5) is 0 Å². The molecule has 1 nitrogen and oxygen atoms in total. The van der Waals surface area contributed by atoms with Gasteiger partial charge in [-0.15, -0.1) is 0 Å². The minimum absolute atomic E-state index is 0.886. The van der Waals surface area contributed by atoms with Crippen molar-refractivity contribution >= 4 is 0 Å². The van der Waals surface area contributed by atoms with E-state index >= 15 is 0 Å². The van der Waals surface area contributed by atoms with E-state index in [0.29, 0.717) is 0 Å². The quantitative estimate of drug-likeness (QED) is 0.609. The largest absolute Gasteiger partial charge is 0.493 e. The number of ether oxygens (including phenoxy) is 1. The van der Waals surface area contributed by atoms with Crippen LogP contribution < -0.4 is 4.74 Å². The van der Waals surface area contributed by atoms with Crippen LogP contribution in [0.15, 0.2) is 12.1 Å². The Balaban J connectivity index is 0.000000461. The summed E-state index contributed by atoms with van der Waals surface area (Å²) in [6.45, 7) is 9.16. The summed E-state index contributed by atoms with van der Waals surface area (Å²) in [4.78, 5) is 0. The molecule has 14 heavy (non-hydrogen) atoms. The average molecular weight is 192 g/mol. The molecule has 0 radical (unpaired) electrons. The van der Waals surface area contributed by atoms with Crippen molar-refractivity contribution < 1.29 is 4.74 Å². The molecule has 1 aliphatic heterocycles. The van der Waals surface area contributed by atoms with Gasteiger partial charge < -0.3 is 4.74 Å². The molecule has 1 aliphatic rings. The van der Waals surface area contributed by atoms with Gasteiger partial charge in [0.15, 0.2) is 0 Å². The highest BCUT2D eigenvalue weighted by Crippen LogP contribution is 2.30. The molecule has 1 heteroatoms. The normalized spacial score (nSPS) is 13.4. The summed E-state index contributed by atoms with van der Waals surface area (Å²) in [6.07, 6.45) is 2.34. The zero-order chi connectivity index (χ0) is 10.6. The van der Waals surface area contributed by atoms with Gasteiger partial charge in [-0.1, -0.05) is 26.0 Å². The maximum absolute atomic E-state index is 5.64.